The van der Waals surface area contributed by atoms with Crippen molar-refractivity contribution in [2.24, 2.45) is 0 Å². The zero-order valence-corrected chi connectivity index (χ0v) is 11.2. The van der Waals surface area contributed by atoms with Gasteiger partial charge in [0, 0.05) is 0 Å². The lowest BCUT2D eigenvalue weighted by Crippen LogP contribution is -2.21. The van der Waals surface area contributed by atoms with Crippen molar-refractivity contribution in [3.63, 3.8) is 0 Å². The minimum atomic E-state index is -4.69. The van der Waals surface area contributed by atoms with E-state index in [1.165, 1.54) is 12.3 Å². The van der Waals surface area contributed by atoms with Gasteiger partial charge in [-0.25, -0.2) is 4.39 Å². The van der Waals surface area contributed by atoms with Crippen molar-refractivity contribution >= 4 is 11.5 Å². The van der Waals surface area contributed by atoms with E-state index in [0.29, 0.717) is 17.0 Å². The molecule has 0 aliphatic heterocycles. The number of halogens is 4. The Labute approximate surface area is 116 Å². The largest absolute Gasteiger partial charge is 0.419 e. The molecule has 1 N–H and O–H groups in total. The summed E-state index contributed by atoms with van der Waals surface area (Å²) in [6.07, 6.45) is -3.18. The van der Waals surface area contributed by atoms with E-state index in [0.717, 1.165) is 23.7 Å². The Morgan fingerprint density at radius 3 is 2.60 bits per heavy atom. The molecule has 1 heterocycles. The van der Waals surface area contributed by atoms with Gasteiger partial charge in [0.05, 0.1) is 22.7 Å². The Balaban J connectivity index is 2.38. The van der Waals surface area contributed by atoms with E-state index >= 15 is 0 Å². The Morgan fingerprint density at radius 1 is 1.35 bits per heavy atom. The van der Waals surface area contributed by atoms with Crippen molar-refractivity contribution in [3.05, 3.63) is 46.2 Å². The van der Waals surface area contributed by atoms with E-state index < -0.39 is 23.6 Å². The molecule has 108 valence electrons. The fourth-order valence-electron chi connectivity index (χ4n) is 1.83. The summed E-state index contributed by atoms with van der Waals surface area (Å²) in [4.78, 5) is 0.714. The van der Waals surface area contributed by atoms with E-state index in [-0.39, 0.29) is 0 Å². The van der Waals surface area contributed by atoms with Gasteiger partial charge in [-0.05, 0) is 35.8 Å². The molecule has 3 nitrogen and oxygen atoms in total. The standard InChI is InChI=1S/C12H11F4N3S/c1-2-17-11(10-6-18-19-20-10)7-3-4-8(9(13)5-7)12(14,15)16/h3-6,11,17H,2H2,1H3. The number of hydrogen-bond donors (Lipinski definition) is 1. The maximum absolute atomic E-state index is 13.6. The van der Waals surface area contributed by atoms with Crippen LogP contribution in [0.2, 0.25) is 0 Å². The summed E-state index contributed by atoms with van der Waals surface area (Å²) in [5.74, 6) is -1.28. The van der Waals surface area contributed by atoms with Crippen LogP contribution in [0.3, 0.4) is 0 Å². The molecule has 0 amide bonds. The predicted octanol–water partition coefficient (Wildman–Crippen LogP) is 3.39. The number of alkyl halides is 3. The number of nitrogens with one attached hydrogen (secondary N) is 1. The van der Waals surface area contributed by atoms with Gasteiger partial charge in [-0.1, -0.05) is 17.5 Å². The first-order chi connectivity index (χ1) is 9.43. The van der Waals surface area contributed by atoms with E-state index in [1.807, 2.05) is 6.92 Å². The van der Waals surface area contributed by atoms with Gasteiger partial charge in [0.15, 0.2) is 0 Å². The average molecular weight is 305 g/mol. The van der Waals surface area contributed by atoms with Gasteiger partial charge in [-0.3, -0.25) is 0 Å². The highest BCUT2D eigenvalue weighted by Gasteiger charge is 2.34. The zero-order chi connectivity index (χ0) is 14.8. The highest BCUT2D eigenvalue weighted by molar-refractivity contribution is 7.05. The second-order valence-electron chi connectivity index (χ2n) is 4.05. The topological polar surface area (TPSA) is 37.8 Å². The predicted molar refractivity (Wildman–Crippen MR) is 66.8 cm³/mol. The molecule has 20 heavy (non-hydrogen) atoms. The molecule has 0 bridgehead atoms. The lowest BCUT2D eigenvalue weighted by molar-refractivity contribution is -0.140. The van der Waals surface area contributed by atoms with E-state index in [9.17, 15) is 17.6 Å². The molecule has 0 saturated heterocycles. The smallest absolute Gasteiger partial charge is 0.306 e. The first kappa shape index (κ1) is 14.9. The fraction of sp³-hybridized carbons (Fsp3) is 0.333. The van der Waals surface area contributed by atoms with Gasteiger partial charge < -0.3 is 5.32 Å². The molecule has 2 rings (SSSR count). The van der Waals surface area contributed by atoms with Crippen molar-refractivity contribution in [2.75, 3.05) is 6.54 Å². The molecule has 2 aromatic rings. The lowest BCUT2D eigenvalue weighted by Gasteiger charge is -2.17. The molecule has 0 radical (unpaired) electrons. The zero-order valence-electron chi connectivity index (χ0n) is 10.4. The monoisotopic (exact) mass is 305 g/mol. The van der Waals surface area contributed by atoms with Gasteiger partial charge in [0.25, 0.3) is 0 Å². The van der Waals surface area contributed by atoms with E-state index in [4.69, 9.17) is 0 Å². The molecule has 1 atom stereocenters. The number of nitrogens with zero attached hydrogens (tertiary/aromatic N) is 2. The number of benzene rings is 1. The molecule has 0 spiro atoms. The minimum absolute atomic E-state index is 0.406. The maximum Gasteiger partial charge on any atom is 0.419 e. The SMILES string of the molecule is CCNC(c1ccc(C(F)(F)F)c(F)c1)c1cnns1. The summed E-state index contributed by atoms with van der Waals surface area (Å²) in [7, 11) is 0. The summed E-state index contributed by atoms with van der Waals surface area (Å²) < 4.78 is 54.9. The van der Waals surface area contributed by atoms with Crippen LogP contribution in [0.4, 0.5) is 17.6 Å². The van der Waals surface area contributed by atoms with Crippen LogP contribution in [0.1, 0.15) is 29.0 Å². The van der Waals surface area contributed by atoms with Crippen LogP contribution in [0.25, 0.3) is 0 Å². The van der Waals surface area contributed by atoms with Crippen molar-refractivity contribution in [1.82, 2.24) is 14.9 Å². The third-order valence-corrected chi connectivity index (χ3v) is 3.43. The third-order valence-electron chi connectivity index (χ3n) is 2.70. The third kappa shape index (κ3) is 3.13. The van der Waals surface area contributed by atoms with Gasteiger partial charge in [-0.15, -0.1) is 5.10 Å². The maximum atomic E-state index is 13.6. The molecule has 8 heteroatoms. The molecular weight excluding hydrogens is 294 g/mol. The van der Waals surface area contributed by atoms with Crippen LogP contribution in [-0.4, -0.2) is 16.1 Å². The van der Waals surface area contributed by atoms with Crippen molar-refractivity contribution in [3.8, 4) is 0 Å². The molecule has 1 aromatic heterocycles. The van der Waals surface area contributed by atoms with Crippen LogP contribution >= 0.6 is 11.5 Å². The van der Waals surface area contributed by atoms with Crippen LogP contribution in [-0.2, 0) is 6.18 Å². The number of rotatable bonds is 4. The molecule has 0 aliphatic carbocycles. The highest BCUT2D eigenvalue weighted by atomic mass is 32.1. The summed E-state index contributed by atoms with van der Waals surface area (Å²) in [6.45, 7) is 2.42. The second kappa shape index (κ2) is 5.84. The Hall–Kier alpha value is -1.54. The highest BCUT2D eigenvalue weighted by Crippen LogP contribution is 2.33. The van der Waals surface area contributed by atoms with E-state index in [1.54, 1.807) is 0 Å². The molecule has 0 fully saturated rings. The van der Waals surface area contributed by atoms with Crippen LogP contribution < -0.4 is 5.32 Å². The Bertz CT molecular complexity index is 569. The minimum Gasteiger partial charge on any atom is -0.306 e. The Kier molecular flexibility index (Phi) is 4.34. The van der Waals surface area contributed by atoms with Crippen LogP contribution in [0, 0.1) is 5.82 Å². The molecule has 1 unspecified atom stereocenters. The van der Waals surface area contributed by atoms with E-state index in [2.05, 4.69) is 14.9 Å². The molecule has 1 aromatic carbocycles. The molecule has 0 aliphatic rings. The second-order valence-corrected chi connectivity index (χ2v) is 4.86. The van der Waals surface area contributed by atoms with Crippen molar-refractivity contribution < 1.29 is 17.6 Å². The van der Waals surface area contributed by atoms with Crippen molar-refractivity contribution in [1.29, 1.82) is 0 Å². The normalized spacial score (nSPS) is 13.4. The van der Waals surface area contributed by atoms with Gasteiger partial charge in [-0.2, -0.15) is 13.2 Å². The summed E-state index contributed by atoms with van der Waals surface area (Å²) in [6, 6.07) is 2.50. The number of hydrogen-bond acceptors (Lipinski definition) is 4. The first-order valence-electron chi connectivity index (χ1n) is 5.80. The van der Waals surface area contributed by atoms with Crippen molar-refractivity contribution in [2.45, 2.75) is 19.1 Å². The van der Waals surface area contributed by atoms with Gasteiger partial charge in [0.2, 0.25) is 0 Å². The number of aromatic nitrogens is 2. The average Bonchev–Trinajstić information content (AvgIpc) is 2.87. The quantitative estimate of drug-likeness (QED) is 0.880. The van der Waals surface area contributed by atoms with Crippen LogP contribution in [0.15, 0.2) is 24.4 Å². The summed E-state index contributed by atoms with van der Waals surface area (Å²) in [5.41, 5.74) is -0.859. The first-order valence-corrected chi connectivity index (χ1v) is 6.58. The fourth-order valence-corrected chi connectivity index (χ4v) is 2.44. The lowest BCUT2D eigenvalue weighted by atomic mass is 10.0. The molecular formula is C12H11F4N3S. The molecule has 0 saturated carbocycles. The van der Waals surface area contributed by atoms with Crippen LogP contribution in [0.5, 0.6) is 0 Å². The Morgan fingerprint density at radius 2 is 2.10 bits per heavy atom. The summed E-state index contributed by atoms with van der Waals surface area (Å²) >= 11 is 1.11. The van der Waals surface area contributed by atoms with Gasteiger partial charge >= 0.3 is 6.18 Å². The summed E-state index contributed by atoms with van der Waals surface area (Å²) in [5, 5.41) is 6.75. The van der Waals surface area contributed by atoms with Gasteiger partial charge in [0.1, 0.15) is 5.82 Å².